The van der Waals surface area contributed by atoms with Crippen LogP contribution in [0.3, 0.4) is 0 Å². The van der Waals surface area contributed by atoms with Gasteiger partial charge < -0.3 is 5.11 Å². The third-order valence-corrected chi connectivity index (χ3v) is 2.26. The molecule has 1 aromatic rings. The lowest BCUT2D eigenvalue weighted by Gasteiger charge is -2.13. The molecule has 0 spiro atoms. The van der Waals surface area contributed by atoms with Crippen molar-refractivity contribution in [2.45, 2.75) is 26.9 Å². The predicted molar refractivity (Wildman–Crippen MR) is 55.8 cm³/mol. The van der Waals surface area contributed by atoms with E-state index in [0.717, 1.165) is 16.7 Å². The van der Waals surface area contributed by atoms with Gasteiger partial charge in [-0.15, -0.1) is 6.58 Å². The summed E-state index contributed by atoms with van der Waals surface area (Å²) in [7, 11) is 0. The van der Waals surface area contributed by atoms with Crippen molar-refractivity contribution in [1.29, 1.82) is 0 Å². The molecule has 1 rings (SSSR count). The minimum atomic E-state index is -0.541. The summed E-state index contributed by atoms with van der Waals surface area (Å²) >= 11 is 0. The van der Waals surface area contributed by atoms with E-state index in [1.54, 1.807) is 6.08 Å². The number of hydrogen-bond donors (Lipinski definition) is 1. The van der Waals surface area contributed by atoms with Gasteiger partial charge in [0.1, 0.15) is 0 Å². The molecule has 13 heavy (non-hydrogen) atoms. The fourth-order valence-corrected chi connectivity index (χ4v) is 1.78. The van der Waals surface area contributed by atoms with Crippen LogP contribution in [0.5, 0.6) is 0 Å². The van der Waals surface area contributed by atoms with Crippen molar-refractivity contribution >= 4 is 0 Å². The quantitative estimate of drug-likeness (QED) is 0.687. The van der Waals surface area contributed by atoms with Gasteiger partial charge in [-0.05, 0) is 37.5 Å². The predicted octanol–water partition coefficient (Wildman–Crippen LogP) is 2.83. The SMILES string of the molecule is C=CC(O)c1c(C)cc(C)cc1C. The highest BCUT2D eigenvalue weighted by molar-refractivity contribution is 5.40. The molecule has 0 aliphatic heterocycles. The minimum absolute atomic E-state index is 0.541. The summed E-state index contributed by atoms with van der Waals surface area (Å²) in [5.74, 6) is 0. The van der Waals surface area contributed by atoms with Gasteiger partial charge in [-0.25, -0.2) is 0 Å². The van der Waals surface area contributed by atoms with E-state index in [1.807, 2.05) is 13.8 Å². The Morgan fingerprint density at radius 3 is 2.08 bits per heavy atom. The van der Waals surface area contributed by atoms with Crippen molar-refractivity contribution in [2.75, 3.05) is 0 Å². The van der Waals surface area contributed by atoms with E-state index in [1.165, 1.54) is 5.56 Å². The summed E-state index contributed by atoms with van der Waals surface area (Å²) in [6.45, 7) is 9.68. The Kier molecular flexibility index (Phi) is 2.89. The van der Waals surface area contributed by atoms with Crippen molar-refractivity contribution in [3.8, 4) is 0 Å². The molecule has 70 valence electrons. The van der Waals surface area contributed by atoms with Gasteiger partial charge in [0.15, 0.2) is 0 Å². The van der Waals surface area contributed by atoms with Gasteiger partial charge in [0.05, 0.1) is 6.10 Å². The number of aliphatic hydroxyl groups is 1. The Balaban J connectivity index is 3.28. The van der Waals surface area contributed by atoms with E-state index in [0.29, 0.717) is 0 Å². The fourth-order valence-electron chi connectivity index (χ4n) is 1.78. The van der Waals surface area contributed by atoms with Gasteiger partial charge in [0.25, 0.3) is 0 Å². The van der Waals surface area contributed by atoms with Crippen LogP contribution < -0.4 is 0 Å². The lowest BCUT2D eigenvalue weighted by Crippen LogP contribution is -2.00. The molecule has 1 unspecified atom stereocenters. The maximum Gasteiger partial charge on any atom is 0.0974 e. The average molecular weight is 176 g/mol. The van der Waals surface area contributed by atoms with Gasteiger partial charge in [0.2, 0.25) is 0 Å². The molecule has 0 aliphatic carbocycles. The molecule has 1 aromatic carbocycles. The monoisotopic (exact) mass is 176 g/mol. The van der Waals surface area contributed by atoms with Gasteiger partial charge >= 0.3 is 0 Å². The Labute approximate surface area is 79.7 Å². The highest BCUT2D eigenvalue weighted by atomic mass is 16.3. The highest BCUT2D eigenvalue weighted by Crippen LogP contribution is 2.23. The maximum absolute atomic E-state index is 9.66. The zero-order valence-electron chi connectivity index (χ0n) is 8.46. The van der Waals surface area contributed by atoms with Crippen LogP contribution in [-0.2, 0) is 0 Å². The molecular weight excluding hydrogens is 160 g/mol. The summed E-state index contributed by atoms with van der Waals surface area (Å²) in [4.78, 5) is 0. The van der Waals surface area contributed by atoms with E-state index >= 15 is 0 Å². The lowest BCUT2D eigenvalue weighted by molar-refractivity contribution is 0.227. The Hall–Kier alpha value is -1.08. The lowest BCUT2D eigenvalue weighted by atomic mass is 9.96. The second-order valence-corrected chi connectivity index (χ2v) is 3.49. The molecule has 0 aliphatic rings. The maximum atomic E-state index is 9.66. The van der Waals surface area contributed by atoms with E-state index < -0.39 is 6.10 Å². The molecule has 1 N–H and O–H groups in total. The minimum Gasteiger partial charge on any atom is -0.384 e. The summed E-state index contributed by atoms with van der Waals surface area (Å²) < 4.78 is 0. The molecule has 0 aromatic heterocycles. The third-order valence-electron chi connectivity index (χ3n) is 2.26. The van der Waals surface area contributed by atoms with Crippen molar-refractivity contribution in [3.63, 3.8) is 0 Å². The van der Waals surface area contributed by atoms with Crippen LogP contribution in [0.15, 0.2) is 24.8 Å². The smallest absolute Gasteiger partial charge is 0.0974 e. The topological polar surface area (TPSA) is 20.2 Å². The molecule has 0 saturated carbocycles. The van der Waals surface area contributed by atoms with Crippen LogP contribution in [0.25, 0.3) is 0 Å². The molecule has 1 nitrogen and oxygen atoms in total. The number of aryl methyl sites for hydroxylation is 3. The van der Waals surface area contributed by atoms with Crippen LogP contribution in [0, 0.1) is 20.8 Å². The molecule has 1 atom stereocenters. The zero-order valence-corrected chi connectivity index (χ0v) is 8.46. The highest BCUT2D eigenvalue weighted by Gasteiger charge is 2.09. The molecule has 0 amide bonds. The number of hydrogen-bond acceptors (Lipinski definition) is 1. The Morgan fingerprint density at radius 2 is 1.69 bits per heavy atom. The summed E-state index contributed by atoms with van der Waals surface area (Å²) in [5.41, 5.74) is 4.48. The normalized spacial score (nSPS) is 12.6. The number of rotatable bonds is 2. The van der Waals surface area contributed by atoms with Gasteiger partial charge in [-0.2, -0.15) is 0 Å². The summed E-state index contributed by atoms with van der Waals surface area (Å²) in [5, 5.41) is 9.66. The molecule has 0 radical (unpaired) electrons. The number of aliphatic hydroxyl groups excluding tert-OH is 1. The van der Waals surface area contributed by atoms with Crippen LogP contribution in [0.2, 0.25) is 0 Å². The second kappa shape index (κ2) is 3.75. The summed E-state index contributed by atoms with van der Waals surface area (Å²) in [6, 6.07) is 4.16. The molecule has 1 heteroatoms. The van der Waals surface area contributed by atoms with E-state index in [-0.39, 0.29) is 0 Å². The Bertz CT molecular complexity index is 303. The Morgan fingerprint density at radius 1 is 1.23 bits per heavy atom. The summed E-state index contributed by atoms with van der Waals surface area (Å²) in [6.07, 6.45) is 1.02. The first-order valence-corrected chi connectivity index (χ1v) is 4.44. The van der Waals surface area contributed by atoms with Crippen LogP contribution >= 0.6 is 0 Å². The molecule has 0 heterocycles. The van der Waals surface area contributed by atoms with Crippen LogP contribution in [-0.4, -0.2) is 5.11 Å². The zero-order chi connectivity index (χ0) is 10.0. The molecule has 0 saturated heterocycles. The first-order chi connectivity index (χ1) is 6.06. The van der Waals surface area contributed by atoms with Gasteiger partial charge in [-0.3, -0.25) is 0 Å². The molecule has 0 bridgehead atoms. The van der Waals surface area contributed by atoms with Gasteiger partial charge in [-0.1, -0.05) is 23.8 Å². The van der Waals surface area contributed by atoms with Crippen molar-refractivity contribution < 1.29 is 5.11 Å². The molecule has 0 fully saturated rings. The average Bonchev–Trinajstić information content (AvgIpc) is 2.02. The van der Waals surface area contributed by atoms with Gasteiger partial charge in [0, 0.05) is 0 Å². The van der Waals surface area contributed by atoms with E-state index in [4.69, 9.17) is 0 Å². The third kappa shape index (κ3) is 1.99. The first-order valence-electron chi connectivity index (χ1n) is 4.44. The van der Waals surface area contributed by atoms with Crippen molar-refractivity contribution in [3.05, 3.63) is 47.0 Å². The standard InChI is InChI=1S/C12H16O/c1-5-11(13)12-9(3)6-8(2)7-10(12)4/h5-7,11,13H,1H2,2-4H3. The fraction of sp³-hybridized carbons (Fsp3) is 0.333. The largest absolute Gasteiger partial charge is 0.384 e. The van der Waals surface area contributed by atoms with Crippen LogP contribution in [0.4, 0.5) is 0 Å². The first kappa shape index (κ1) is 10.0. The second-order valence-electron chi connectivity index (χ2n) is 3.49. The van der Waals surface area contributed by atoms with E-state index in [2.05, 4.69) is 25.6 Å². The van der Waals surface area contributed by atoms with E-state index in [9.17, 15) is 5.11 Å². The van der Waals surface area contributed by atoms with Crippen molar-refractivity contribution in [2.24, 2.45) is 0 Å². The molecular formula is C12H16O. The number of benzene rings is 1. The van der Waals surface area contributed by atoms with Crippen LogP contribution in [0.1, 0.15) is 28.4 Å². The van der Waals surface area contributed by atoms with Crippen molar-refractivity contribution in [1.82, 2.24) is 0 Å².